The lowest BCUT2D eigenvalue weighted by Crippen LogP contribution is -2.23. The number of aromatic nitrogens is 3. The summed E-state index contributed by atoms with van der Waals surface area (Å²) in [6, 6.07) is 14.6. The summed E-state index contributed by atoms with van der Waals surface area (Å²) in [5.41, 5.74) is -1.00. The first-order valence-corrected chi connectivity index (χ1v) is 11.4. The fourth-order valence-electron chi connectivity index (χ4n) is 4.37. The van der Waals surface area contributed by atoms with E-state index in [1.807, 2.05) is 6.07 Å². The van der Waals surface area contributed by atoms with E-state index in [1.165, 1.54) is 35.9 Å². The zero-order valence-electron chi connectivity index (χ0n) is 19.3. The molecule has 36 heavy (non-hydrogen) atoms. The quantitative estimate of drug-likeness (QED) is 0.439. The van der Waals surface area contributed by atoms with Gasteiger partial charge in [0, 0.05) is 25.7 Å². The number of amides is 1. The molecule has 1 amide bonds. The van der Waals surface area contributed by atoms with E-state index in [1.54, 1.807) is 18.2 Å². The second-order valence-corrected chi connectivity index (χ2v) is 8.61. The average molecular weight is 493 g/mol. The van der Waals surface area contributed by atoms with Crippen molar-refractivity contribution in [3.05, 3.63) is 82.1 Å². The van der Waals surface area contributed by atoms with Crippen molar-refractivity contribution in [3.8, 4) is 11.4 Å². The van der Waals surface area contributed by atoms with E-state index in [4.69, 9.17) is 0 Å². The van der Waals surface area contributed by atoms with Gasteiger partial charge in [0.1, 0.15) is 17.5 Å². The van der Waals surface area contributed by atoms with Gasteiger partial charge in [-0.3, -0.25) is 14.2 Å². The summed E-state index contributed by atoms with van der Waals surface area (Å²) in [6.45, 7) is 1.80. The van der Waals surface area contributed by atoms with E-state index in [0.717, 1.165) is 43.9 Å². The minimum Gasteiger partial charge on any atom is -0.357 e. The predicted octanol–water partition coefficient (Wildman–Crippen LogP) is 4.87. The average Bonchev–Trinajstić information content (AvgIpc) is 3.41. The molecule has 5 rings (SSSR count). The van der Waals surface area contributed by atoms with E-state index < -0.39 is 23.2 Å². The Kier molecular flexibility index (Phi) is 5.95. The lowest BCUT2D eigenvalue weighted by molar-refractivity contribution is -0.137. The number of alkyl halides is 3. The smallest absolute Gasteiger partial charge is 0.357 e. The molecular weight excluding hydrogens is 471 g/mol. The summed E-state index contributed by atoms with van der Waals surface area (Å²) in [4.78, 5) is 37.5. The first-order chi connectivity index (χ1) is 17.2. The van der Waals surface area contributed by atoms with Crippen LogP contribution in [-0.4, -0.2) is 33.5 Å². The Morgan fingerprint density at radius 3 is 2.44 bits per heavy atom. The molecule has 7 nitrogen and oxygen atoms in total. The molecule has 1 aliphatic heterocycles. The van der Waals surface area contributed by atoms with Crippen LogP contribution in [0.5, 0.6) is 0 Å². The van der Waals surface area contributed by atoms with Crippen molar-refractivity contribution in [2.45, 2.75) is 19.0 Å². The number of anilines is 2. The zero-order valence-corrected chi connectivity index (χ0v) is 19.3. The molecule has 0 atom stereocenters. The van der Waals surface area contributed by atoms with Gasteiger partial charge >= 0.3 is 6.18 Å². The number of carbonyl (C=O) groups excluding carboxylic acids is 1. The van der Waals surface area contributed by atoms with Crippen LogP contribution in [0, 0.1) is 0 Å². The van der Waals surface area contributed by atoms with E-state index in [9.17, 15) is 22.8 Å². The maximum absolute atomic E-state index is 13.3. The van der Waals surface area contributed by atoms with E-state index in [2.05, 4.69) is 20.2 Å². The number of carbonyl (C=O) groups is 1. The second kappa shape index (κ2) is 9.10. The number of rotatable bonds is 4. The molecule has 3 heterocycles. The zero-order chi connectivity index (χ0) is 25.4. The minimum absolute atomic E-state index is 0.0213. The molecular formula is C26H22F3N5O2. The van der Waals surface area contributed by atoms with Crippen LogP contribution in [-0.2, 0) is 13.2 Å². The fourth-order valence-corrected chi connectivity index (χ4v) is 4.37. The fraction of sp³-hybridized carbons (Fsp3) is 0.231. The number of nitrogens with one attached hydrogen (secondary N) is 1. The Morgan fingerprint density at radius 2 is 1.69 bits per heavy atom. The molecule has 0 saturated carbocycles. The first-order valence-electron chi connectivity index (χ1n) is 11.4. The third-order valence-electron chi connectivity index (χ3n) is 6.21. The molecule has 1 N–H and O–H groups in total. The molecule has 0 unspecified atom stereocenters. The molecule has 0 spiro atoms. The molecule has 1 fully saturated rings. The van der Waals surface area contributed by atoms with E-state index in [0.29, 0.717) is 5.82 Å². The minimum atomic E-state index is -4.55. The van der Waals surface area contributed by atoms with Gasteiger partial charge in [-0.05, 0) is 49.2 Å². The monoisotopic (exact) mass is 493 g/mol. The number of pyridine rings is 1. The second-order valence-electron chi connectivity index (χ2n) is 8.61. The molecule has 184 valence electrons. The molecule has 1 aliphatic rings. The number of nitrogens with zero attached hydrogens (tertiary/aromatic N) is 4. The normalized spacial score (nSPS) is 13.8. The van der Waals surface area contributed by atoms with Gasteiger partial charge in [0.2, 0.25) is 0 Å². The van der Waals surface area contributed by atoms with Crippen LogP contribution in [0.4, 0.5) is 24.8 Å². The molecule has 10 heteroatoms. The third kappa shape index (κ3) is 4.41. The summed E-state index contributed by atoms with van der Waals surface area (Å²) in [7, 11) is 1.44. The van der Waals surface area contributed by atoms with Crippen molar-refractivity contribution in [2.24, 2.45) is 7.05 Å². The van der Waals surface area contributed by atoms with Crippen LogP contribution in [0.2, 0.25) is 0 Å². The SMILES string of the molecule is Cn1c(-c2cccc(C(F)(F)F)c2)nc2c(C(=O)Nc3cccc(N4CCCC4)n3)cccc2c1=O. The lowest BCUT2D eigenvalue weighted by atomic mass is 10.1. The van der Waals surface area contributed by atoms with Crippen molar-refractivity contribution in [1.29, 1.82) is 0 Å². The van der Waals surface area contributed by atoms with E-state index in [-0.39, 0.29) is 27.9 Å². The van der Waals surface area contributed by atoms with Gasteiger partial charge in [-0.15, -0.1) is 0 Å². The maximum Gasteiger partial charge on any atom is 0.416 e. The topological polar surface area (TPSA) is 80.1 Å². The molecule has 0 radical (unpaired) electrons. The molecule has 2 aromatic heterocycles. The lowest BCUT2D eigenvalue weighted by Gasteiger charge is -2.17. The highest BCUT2D eigenvalue weighted by molar-refractivity contribution is 6.11. The highest BCUT2D eigenvalue weighted by Crippen LogP contribution is 2.32. The summed E-state index contributed by atoms with van der Waals surface area (Å²) in [5, 5.41) is 2.94. The summed E-state index contributed by atoms with van der Waals surface area (Å²) in [5.74, 6) is 0.612. The molecule has 4 aromatic rings. The predicted molar refractivity (Wildman–Crippen MR) is 131 cm³/mol. The van der Waals surface area contributed by atoms with E-state index >= 15 is 0 Å². The van der Waals surface area contributed by atoms with Gasteiger partial charge in [-0.2, -0.15) is 13.2 Å². The third-order valence-corrected chi connectivity index (χ3v) is 6.21. The van der Waals surface area contributed by atoms with Crippen LogP contribution in [0.3, 0.4) is 0 Å². The highest BCUT2D eigenvalue weighted by atomic mass is 19.4. The summed E-state index contributed by atoms with van der Waals surface area (Å²) < 4.78 is 41.0. The largest absolute Gasteiger partial charge is 0.416 e. The van der Waals surface area contributed by atoms with Crippen molar-refractivity contribution in [3.63, 3.8) is 0 Å². The van der Waals surface area contributed by atoms with Crippen molar-refractivity contribution >= 4 is 28.4 Å². The number of hydrogen-bond acceptors (Lipinski definition) is 5. The van der Waals surface area contributed by atoms with Gasteiger partial charge in [0.05, 0.1) is 22.0 Å². The highest BCUT2D eigenvalue weighted by Gasteiger charge is 2.31. The first kappa shape index (κ1) is 23.5. The van der Waals surface area contributed by atoms with Crippen molar-refractivity contribution < 1.29 is 18.0 Å². The number of para-hydroxylation sites is 1. The van der Waals surface area contributed by atoms with Crippen molar-refractivity contribution in [1.82, 2.24) is 14.5 Å². The molecule has 1 saturated heterocycles. The number of hydrogen-bond donors (Lipinski definition) is 1. The Labute approximate surface area is 204 Å². The summed E-state index contributed by atoms with van der Waals surface area (Å²) in [6.07, 6.45) is -2.38. The van der Waals surface area contributed by atoms with Crippen LogP contribution in [0.1, 0.15) is 28.8 Å². The molecule has 0 aliphatic carbocycles. The van der Waals surface area contributed by atoms with Gasteiger partial charge in [-0.25, -0.2) is 9.97 Å². The van der Waals surface area contributed by atoms with Crippen LogP contribution in [0.15, 0.2) is 65.5 Å². The number of fused-ring (bicyclic) bond motifs is 1. The van der Waals surface area contributed by atoms with Gasteiger partial charge in [0.15, 0.2) is 0 Å². The van der Waals surface area contributed by atoms with Gasteiger partial charge < -0.3 is 10.2 Å². The standard InChI is InChI=1S/C26H22F3N5O2/c1-33-23(16-7-4-8-17(15-16)26(27,28)29)32-22-18(9-5-10-19(22)25(33)36)24(35)31-20-11-6-12-21(30-20)34-13-2-3-14-34/h4-12,15H,2-3,13-14H2,1H3,(H,30,31,35). The van der Waals surface area contributed by atoms with Crippen LogP contribution >= 0.6 is 0 Å². The number of halogens is 3. The molecule has 0 bridgehead atoms. The molecule has 2 aromatic carbocycles. The Bertz CT molecular complexity index is 1520. The van der Waals surface area contributed by atoms with Crippen LogP contribution in [0.25, 0.3) is 22.3 Å². The van der Waals surface area contributed by atoms with Crippen molar-refractivity contribution in [2.75, 3.05) is 23.3 Å². The van der Waals surface area contributed by atoms with Crippen LogP contribution < -0.4 is 15.8 Å². The number of benzene rings is 2. The Balaban J connectivity index is 1.55. The summed E-state index contributed by atoms with van der Waals surface area (Å²) >= 11 is 0. The Morgan fingerprint density at radius 1 is 0.972 bits per heavy atom. The van der Waals surface area contributed by atoms with Gasteiger partial charge in [-0.1, -0.05) is 24.3 Å². The van der Waals surface area contributed by atoms with Gasteiger partial charge in [0.25, 0.3) is 11.5 Å². The Hall–Kier alpha value is -4.21. The maximum atomic E-state index is 13.3.